The predicted octanol–water partition coefficient (Wildman–Crippen LogP) is 4.14. The molecule has 3 heterocycles. The largest absolute Gasteiger partial charge is 0.442 e. The fraction of sp³-hybridized carbons (Fsp3) is 0.462. The molecule has 196 valence electrons. The van der Waals surface area contributed by atoms with E-state index >= 15 is 0 Å². The smallest absolute Gasteiger partial charge is 0.414 e. The van der Waals surface area contributed by atoms with Crippen molar-refractivity contribution in [2.45, 2.75) is 18.9 Å². The molecule has 2 amide bonds. The second kappa shape index (κ2) is 12.5. The summed E-state index contributed by atoms with van der Waals surface area (Å²) in [5, 5.41) is 14.7. The molecule has 37 heavy (non-hydrogen) atoms. The maximum Gasteiger partial charge on any atom is 0.414 e. The number of carbonyl (C=O) groups excluding carboxylic acids is 2. The number of anilines is 1. The van der Waals surface area contributed by atoms with Crippen molar-refractivity contribution in [2.24, 2.45) is 23.7 Å². The highest BCUT2D eigenvalue weighted by Gasteiger charge is 2.53. The summed E-state index contributed by atoms with van der Waals surface area (Å²) in [5.41, 5.74) is 1.51. The Bertz CT molecular complexity index is 1130. The van der Waals surface area contributed by atoms with Gasteiger partial charge in [0.15, 0.2) is 0 Å². The first-order valence-corrected chi connectivity index (χ1v) is 13.2. The molecule has 2 N–H and O–H groups in total. The summed E-state index contributed by atoms with van der Waals surface area (Å²) < 4.78 is 19.8. The number of rotatable bonds is 5. The minimum atomic E-state index is -0.538. The Morgan fingerprint density at radius 3 is 2.57 bits per heavy atom. The molecule has 4 atom stereocenters. The minimum absolute atomic E-state index is 0.00590. The summed E-state index contributed by atoms with van der Waals surface area (Å²) in [6, 6.07) is 10.4. The van der Waals surface area contributed by atoms with Crippen LogP contribution < -0.4 is 15.5 Å². The molecule has 0 spiro atoms. The van der Waals surface area contributed by atoms with E-state index in [9.17, 15) is 14.0 Å². The zero-order chi connectivity index (χ0) is 26.4. The van der Waals surface area contributed by atoms with Gasteiger partial charge in [-0.3, -0.25) is 14.7 Å². The first-order valence-electron chi connectivity index (χ1n) is 12.1. The second-order valence-corrected chi connectivity index (χ2v) is 10.1. The van der Waals surface area contributed by atoms with E-state index in [0.29, 0.717) is 22.7 Å². The van der Waals surface area contributed by atoms with Gasteiger partial charge in [-0.05, 0) is 62.0 Å². The van der Waals surface area contributed by atoms with Gasteiger partial charge in [0.1, 0.15) is 11.9 Å². The molecule has 6 rings (SSSR count). The summed E-state index contributed by atoms with van der Waals surface area (Å²) in [6.07, 6.45) is 4.07. The van der Waals surface area contributed by atoms with Gasteiger partial charge in [-0.15, -0.1) is 23.2 Å². The lowest BCUT2D eigenvalue weighted by atomic mass is 10.1. The number of nitrogens with one attached hydrogen (secondary N) is 2. The van der Waals surface area contributed by atoms with Gasteiger partial charge in [0.05, 0.1) is 36.1 Å². The van der Waals surface area contributed by atoms with E-state index in [1.807, 2.05) is 0 Å². The number of piperidine rings is 1. The first kappa shape index (κ1) is 27.1. The van der Waals surface area contributed by atoms with Crippen molar-refractivity contribution in [3.63, 3.8) is 0 Å². The molecule has 2 saturated carbocycles. The number of hydrogen-bond donors (Lipinski definition) is 2. The standard InChI is InChI=1S/C19H18FN3O3.C6H8N2.CH2Cl2/c20-17-8-14(5-6-16(17)13-2-1-7-21-9-13)23-11-15(26-19(23)25)10-22-18(24)12-3-4-12;7-1-4-5-2-8-3-6(4)5;2-1-3/h1-2,5-9,12,15H,3-4,10-11H2,(H,22,24);4-6,8H,2-3H2;1H2/t;4?,5-,6+;. The zero-order valence-electron chi connectivity index (χ0n) is 20.1. The van der Waals surface area contributed by atoms with Gasteiger partial charge in [-0.2, -0.15) is 5.26 Å². The van der Waals surface area contributed by atoms with E-state index in [1.165, 1.54) is 11.0 Å². The Labute approximate surface area is 225 Å². The van der Waals surface area contributed by atoms with E-state index in [2.05, 4.69) is 21.7 Å². The predicted molar refractivity (Wildman–Crippen MR) is 139 cm³/mol. The van der Waals surface area contributed by atoms with Crippen molar-refractivity contribution in [3.8, 4) is 17.2 Å². The molecule has 4 aliphatic rings. The summed E-state index contributed by atoms with van der Waals surface area (Å²) in [4.78, 5) is 29.2. The van der Waals surface area contributed by atoms with E-state index in [4.69, 9.17) is 33.2 Å². The third-order valence-corrected chi connectivity index (χ3v) is 6.80. The van der Waals surface area contributed by atoms with Gasteiger partial charge in [0, 0.05) is 29.4 Å². The van der Waals surface area contributed by atoms with Crippen LogP contribution in [0.2, 0.25) is 0 Å². The molecule has 2 aliphatic heterocycles. The third kappa shape index (κ3) is 6.89. The summed E-state index contributed by atoms with van der Waals surface area (Å²) in [6.45, 7) is 2.72. The van der Waals surface area contributed by atoms with Gasteiger partial charge in [-0.1, -0.05) is 6.07 Å². The lowest BCUT2D eigenvalue weighted by Crippen LogP contribution is -2.35. The normalized spacial score (nSPS) is 24.9. The maximum atomic E-state index is 14.5. The molecular weight excluding hydrogens is 520 g/mol. The third-order valence-electron chi connectivity index (χ3n) is 6.80. The number of pyridine rings is 1. The Kier molecular flexibility index (Phi) is 9.19. The number of nitriles is 1. The minimum Gasteiger partial charge on any atom is -0.442 e. The quantitative estimate of drug-likeness (QED) is 0.545. The van der Waals surface area contributed by atoms with Gasteiger partial charge < -0.3 is 15.4 Å². The fourth-order valence-electron chi connectivity index (χ4n) is 4.58. The monoisotopic (exact) mass is 547 g/mol. The number of amides is 2. The topological polar surface area (TPSA) is 107 Å². The first-order chi connectivity index (χ1) is 18.0. The molecule has 4 fully saturated rings. The highest BCUT2D eigenvalue weighted by atomic mass is 35.5. The molecule has 0 bridgehead atoms. The van der Waals surface area contributed by atoms with Crippen LogP contribution >= 0.6 is 23.2 Å². The number of benzene rings is 1. The van der Waals surface area contributed by atoms with Crippen molar-refractivity contribution in [1.82, 2.24) is 15.6 Å². The molecule has 2 aliphatic carbocycles. The van der Waals surface area contributed by atoms with Crippen LogP contribution in [0.25, 0.3) is 11.1 Å². The highest BCUT2D eigenvalue weighted by molar-refractivity contribution is 6.40. The Morgan fingerprint density at radius 2 is 2.00 bits per heavy atom. The number of hydrogen-bond acceptors (Lipinski definition) is 6. The average Bonchev–Trinajstić information content (AvgIpc) is 3.79. The van der Waals surface area contributed by atoms with E-state index in [0.717, 1.165) is 37.8 Å². The van der Waals surface area contributed by atoms with E-state index in [-0.39, 0.29) is 30.3 Å². The van der Waals surface area contributed by atoms with Gasteiger partial charge in [-0.25, -0.2) is 9.18 Å². The number of cyclic esters (lactones) is 1. The van der Waals surface area contributed by atoms with Crippen molar-refractivity contribution in [2.75, 3.05) is 36.4 Å². The lowest BCUT2D eigenvalue weighted by molar-refractivity contribution is -0.122. The van der Waals surface area contributed by atoms with E-state index in [1.54, 1.807) is 36.7 Å². The van der Waals surface area contributed by atoms with Crippen LogP contribution in [0.5, 0.6) is 0 Å². The number of alkyl halides is 2. The van der Waals surface area contributed by atoms with Gasteiger partial charge in [0.2, 0.25) is 5.91 Å². The molecule has 1 aromatic heterocycles. The van der Waals surface area contributed by atoms with Crippen molar-refractivity contribution in [3.05, 3.63) is 48.5 Å². The number of halogens is 3. The number of aromatic nitrogens is 1. The second-order valence-electron chi connectivity index (χ2n) is 9.28. The number of carbonyl (C=O) groups is 2. The highest BCUT2D eigenvalue weighted by Crippen LogP contribution is 2.47. The molecule has 11 heteroatoms. The molecular formula is C26H28Cl2FN5O3. The molecule has 2 aromatic rings. The summed E-state index contributed by atoms with van der Waals surface area (Å²) >= 11 is 9.53. The summed E-state index contributed by atoms with van der Waals surface area (Å²) in [7, 11) is 0. The van der Waals surface area contributed by atoms with Crippen LogP contribution in [0.3, 0.4) is 0 Å². The van der Waals surface area contributed by atoms with Crippen molar-refractivity contribution >= 4 is 40.9 Å². The van der Waals surface area contributed by atoms with Crippen LogP contribution in [0, 0.1) is 40.8 Å². The van der Waals surface area contributed by atoms with Gasteiger partial charge in [0.25, 0.3) is 0 Å². The number of nitrogens with zero attached hydrogens (tertiary/aromatic N) is 3. The molecule has 0 radical (unpaired) electrons. The van der Waals surface area contributed by atoms with Crippen LogP contribution in [0.15, 0.2) is 42.7 Å². The molecule has 8 nitrogen and oxygen atoms in total. The maximum absolute atomic E-state index is 14.5. The van der Waals surface area contributed by atoms with Gasteiger partial charge >= 0.3 is 6.09 Å². The van der Waals surface area contributed by atoms with Crippen LogP contribution in [-0.2, 0) is 9.53 Å². The number of ether oxygens (including phenoxy) is 1. The lowest BCUT2D eigenvalue weighted by Gasteiger charge is -2.14. The summed E-state index contributed by atoms with van der Waals surface area (Å²) in [5.74, 6) is 1.54. The van der Waals surface area contributed by atoms with Crippen LogP contribution in [-0.4, -0.2) is 54.6 Å². The van der Waals surface area contributed by atoms with Crippen molar-refractivity contribution < 1.29 is 18.7 Å². The van der Waals surface area contributed by atoms with Crippen molar-refractivity contribution in [1.29, 1.82) is 5.26 Å². The van der Waals surface area contributed by atoms with Crippen LogP contribution in [0.4, 0.5) is 14.9 Å². The Hall–Kier alpha value is -2.93. The van der Waals surface area contributed by atoms with Crippen LogP contribution in [0.1, 0.15) is 12.8 Å². The zero-order valence-corrected chi connectivity index (χ0v) is 21.6. The fourth-order valence-corrected chi connectivity index (χ4v) is 4.58. The number of fused-ring (bicyclic) bond motifs is 1. The molecule has 2 unspecified atom stereocenters. The molecule has 2 saturated heterocycles. The SMILES string of the molecule is ClCCl.N#CC1[C@H]2CNC[C@@H]12.O=C(NCC1CN(c2ccc(-c3cccnc3)c(F)c2)C(=O)O1)C1CC1. The van der Waals surface area contributed by atoms with E-state index < -0.39 is 18.0 Å². The Morgan fingerprint density at radius 1 is 1.27 bits per heavy atom. The average molecular weight is 548 g/mol. The molecule has 1 aromatic carbocycles. The Balaban J connectivity index is 0.000000240.